The van der Waals surface area contributed by atoms with Crippen LogP contribution in [0, 0.1) is 3.57 Å². The number of halogens is 2. The van der Waals surface area contributed by atoms with E-state index in [1.54, 1.807) is 19.5 Å². The molecule has 0 saturated heterocycles. The van der Waals surface area contributed by atoms with Crippen LogP contribution in [-0.4, -0.2) is 27.0 Å². The Morgan fingerprint density at radius 1 is 1.50 bits per heavy atom. The number of hydrogen-bond acceptors (Lipinski definition) is 4. The average molecular weight is 351 g/mol. The lowest BCUT2D eigenvalue weighted by atomic mass is 10.4. The van der Waals surface area contributed by atoms with Gasteiger partial charge in [0.05, 0.1) is 15.9 Å². The van der Waals surface area contributed by atoms with Crippen LogP contribution in [0.1, 0.15) is 5.69 Å². The molecule has 0 saturated carbocycles. The second-order valence-corrected chi connectivity index (χ2v) is 4.41. The molecule has 7 heteroatoms. The van der Waals surface area contributed by atoms with Gasteiger partial charge in [0, 0.05) is 19.5 Å². The number of imidazole rings is 1. The molecular formula is C9H8ClIN4O. The molecule has 0 bridgehead atoms. The predicted molar refractivity (Wildman–Crippen MR) is 68.1 cm³/mol. The molecule has 2 heterocycles. The zero-order valence-corrected chi connectivity index (χ0v) is 11.3. The lowest BCUT2D eigenvalue weighted by Crippen LogP contribution is -2.02. The molecule has 0 aromatic carbocycles. The molecule has 0 amide bonds. The standard InChI is InChI=1S/C9H8ClIN4O/c1-16-4-5-6(11)7(10)15-9(14-5)8-12-2-3-13-8/h2-3H,4H2,1H3,(H,12,13). The summed E-state index contributed by atoms with van der Waals surface area (Å²) in [6.07, 6.45) is 3.35. The molecule has 0 unspecified atom stereocenters. The lowest BCUT2D eigenvalue weighted by Gasteiger charge is -2.05. The summed E-state index contributed by atoms with van der Waals surface area (Å²) < 4.78 is 5.85. The van der Waals surface area contributed by atoms with Gasteiger partial charge in [-0.05, 0) is 22.6 Å². The first-order valence-electron chi connectivity index (χ1n) is 4.43. The van der Waals surface area contributed by atoms with E-state index in [-0.39, 0.29) is 0 Å². The lowest BCUT2D eigenvalue weighted by molar-refractivity contribution is 0.181. The van der Waals surface area contributed by atoms with Gasteiger partial charge in [0.25, 0.3) is 0 Å². The van der Waals surface area contributed by atoms with Gasteiger partial charge in [0.1, 0.15) is 5.15 Å². The summed E-state index contributed by atoms with van der Waals surface area (Å²) in [4.78, 5) is 15.5. The molecule has 2 aromatic heterocycles. The van der Waals surface area contributed by atoms with Gasteiger partial charge in [-0.2, -0.15) is 0 Å². The first-order chi connectivity index (χ1) is 7.72. The third kappa shape index (κ3) is 2.33. The normalized spacial score (nSPS) is 10.7. The van der Waals surface area contributed by atoms with E-state index in [0.29, 0.717) is 23.4 Å². The van der Waals surface area contributed by atoms with Gasteiger partial charge in [-0.3, -0.25) is 0 Å². The summed E-state index contributed by atoms with van der Waals surface area (Å²) >= 11 is 8.11. The van der Waals surface area contributed by atoms with E-state index in [0.717, 1.165) is 9.26 Å². The fourth-order valence-corrected chi connectivity index (χ4v) is 1.77. The number of methoxy groups -OCH3 is 1. The fourth-order valence-electron chi connectivity index (χ4n) is 1.19. The van der Waals surface area contributed by atoms with Crippen LogP contribution in [0.4, 0.5) is 0 Å². The average Bonchev–Trinajstić information content (AvgIpc) is 2.78. The fraction of sp³-hybridized carbons (Fsp3) is 0.222. The highest BCUT2D eigenvalue weighted by Gasteiger charge is 2.12. The molecule has 1 N–H and O–H groups in total. The minimum atomic E-state index is 0.397. The van der Waals surface area contributed by atoms with E-state index in [2.05, 4.69) is 42.5 Å². The van der Waals surface area contributed by atoms with E-state index in [1.807, 2.05) is 0 Å². The maximum atomic E-state index is 6.02. The molecule has 0 aliphatic rings. The zero-order valence-electron chi connectivity index (χ0n) is 8.37. The third-order valence-corrected chi connectivity index (χ3v) is 3.60. The Balaban J connectivity index is 2.48. The second kappa shape index (κ2) is 5.07. The monoisotopic (exact) mass is 350 g/mol. The Morgan fingerprint density at radius 3 is 2.94 bits per heavy atom. The predicted octanol–water partition coefficient (Wildman–Crippen LogP) is 2.27. The molecule has 5 nitrogen and oxygen atoms in total. The smallest absolute Gasteiger partial charge is 0.197 e. The third-order valence-electron chi connectivity index (χ3n) is 1.87. The number of ether oxygens (including phenoxy) is 1. The molecule has 16 heavy (non-hydrogen) atoms. The molecule has 2 aromatic rings. The molecule has 0 aliphatic carbocycles. The summed E-state index contributed by atoms with van der Waals surface area (Å²) in [7, 11) is 1.61. The topological polar surface area (TPSA) is 63.7 Å². The van der Waals surface area contributed by atoms with Gasteiger partial charge >= 0.3 is 0 Å². The van der Waals surface area contributed by atoms with Crippen molar-refractivity contribution in [1.29, 1.82) is 0 Å². The maximum Gasteiger partial charge on any atom is 0.197 e. The van der Waals surface area contributed by atoms with Crippen molar-refractivity contribution in [2.45, 2.75) is 6.61 Å². The van der Waals surface area contributed by atoms with Crippen molar-refractivity contribution in [3.63, 3.8) is 0 Å². The van der Waals surface area contributed by atoms with Gasteiger partial charge in [-0.1, -0.05) is 11.6 Å². The van der Waals surface area contributed by atoms with Gasteiger partial charge in [0.2, 0.25) is 0 Å². The van der Waals surface area contributed by atoms with Crippen LogP contribution in [0.15, 0.2) is 12.4 Å². The number of aromatic nitrogens is 4. The molecule has 0 aliphatic heterocycles. The number of aromatic amines is 1. The SMILES string of the molecule is COCc1nc(-c2ncc[nH]2)nc(Cl)c1I. The minimum Gasteiger partial charge on any atom is -0.378 e. The van der Waals surface area contributed by atoms with Crippen LogP contribution in [0.2, 0.25) is 5.15 Å². The van der Waals surface area contributed by atoms with Crippen molar-refractivity contribution >= 4 is 34.2 Å². The zero-order chi connectivity index (χ0) is 11.5. The number of nitrogens with one attached hydrogen (secondary N) is 1. The molecule has 0 atom stereocenters. The summed E-state index contributed by atoms with van der Waals surface area (Å²) in [6.45, 7) is 0.397. The van der Waals surface area contributed by atoms with Crippen molar-refractivity contribution in [3.05, 3.63) is 26.8 Å². The van der Waals surface area contributed by atoms with Gasteiger partial charge in [-0.25, -0.2) is 15.0 Å². The summed E-state index contributed by atoms with van der Waals surface area (Å²) in [6, 6.07) is 0. The number of H-pyrrole nitrogens is 1. The largest absolute Gasteiger partial charge is 0.378 e. The van der Waals surface area contributed by atoms with Gasteiger partial charge < -0.3 is 9.72 Å². The van der Waals surface area contributed by atoms with Crippen LogP contribution in [0.5, 0.6) is 0 Å². The Labute approximate surface area is 111 Å². The first-order valence-corrected chi connectivity index (χ1v) is 5.88. The van der Waals surface area contributed by atoms with E-state index in [1.165, 1.54) is 0 Å². The quantitative estimate of drug-likeness (QED) is 0.681. The van der Waals surface area contributed by atoms with Crippen molar-refractivity contribution in [3.8, 4) is 11.6 Å². The van der Waals surface area contributed by atoms with Gasteiger partial charge in [-0.15, -0.1) is 0 Å². The summed E-state index contributed by atoms with van der Waals surface area (Å²) in [5.74, 6) is 1.07. The van der Waals surface area contributed by atoms with Crippen molar-refractivity contribution in [2.24, 2.45) is 0 Å². The van der Waals surface area contributed by atoms with E-state index >= 15 is 0 Å². The number of rotatable bonds is 3. The van der Waals surface area contributed by atoms with E-state index in [4.69, 9.17) is 16.3 Å². The van der Waals surface area contributed by atoms with Crippen molar-refractivity contribution in [2.75, 3.05) is 7.11 Å². The Hall–Kier alpha value is -0.730. The minimum absolute atomic E-state index is 0.397. The molecule has 0 radical (unpaired) electrons. The molecule has 0 spiro atoms. The number of nitrogens with zero attached hydrogens (tertiary/aromatic N) is 3. The molecule has 84 valence electrons. The van der Waals surface area contributed by atoms with Crippen LogP contribution < -0.4 is 0 Å². The van der Waals surface area contributed by atoms with E-state index < -0.39 is 0 Å². The molecule has 0 fully saturated rings. The Kier molecular flexibility index (Phi) is 3.72. The highest BCUT2D eigenvalue weighted by atomic mass is 127. The summed E-state index contributed by atoms with van der Waals surface area (Å²) in [5.41, 5.74) is 0.759. The van der Waals surface area contributed by atoms with Crippen molar-refractivity contribution in [1.82, 2.24) is 19.9 Å². The maximum absolute atomic E-state index is 6.02. The summed E-state index contributed by atoms with van der Waals surface area (Å²) in [5, 5.41) is 0.411. The van der Waals surface area contributed by atoms with Crippen LogP contribution in [0.25, 0.3) is 11.6 Å². The van der Waals surface area contributed by atoms with Crippen LogP contribution in [0.3, 0.4) is 0 Å². The highest BCUT2D eigenvalue weighted by molar-refractivity contribution is 14.1. The van der Waals surface area contributed by atoms with Crippen LogP contribution in [-0.2, 0) is 11.3 Å². The molecular weight excluding hydrogens is 342 g/mol. The van der Waals surface area contributed by atoms with E-state index in [9.17, 15) is 0 Å². The van der Waals surface area contributed by atoms with Gasteiger partial charge in [0.15, 0.2) is 11.6 Å². The second-order valence-electron chi connectivity index (χ2n) is 2.97. The van der Waals surface area contributed by atoms with Crippen molar-refractivity contribution < 1.29 is 4.74 Å². The Morgan fingerprint density at radius 2 is 2.31 bits per heavy atom. The van der Waals surface area contributed by atoms with Crippen LogP contribution >= 0.6 is 34.2 Å². The Bertz CT molecular complexity index is 489. The highest BCUT2D eigenvalue weighted by Crippen LogP contribution is 2.22. The molecule has 2 rings (SSSR count). The number of hydrogen-bond donors (Lipinski definition) is 1. The first kappa shape index (κ1) is 11.7.